The Morgan fingerprint density at radius 3 is 2.55 bits per heavy atom. The minimum atomic E-state index is -0.324. The van der Waals surface area contributed by atoms with E-state index in [1.54, 1.807) is 39.3 Å². The number of urea groups is 1. The number of nitrogens with zero attached hydrogens (tertiary/aromatic N) is 4. The maximum Gasteiger partial charge on any atom is 0.320 e. The molecule has 4 aromatic rings. The Morgan fingerprint density at radius 1 is 1.02 bits per heavy atom. The molecule has 3 heterocycles. The summed E-state index contributed by atoms with van der Waals surface area (Å²) < 4.78 is 9.87. The molecule has 0 bridgehead atoms. The van der Waals surface area contributed by atoms with Crippen LogP contribution in [-0.2, 0) is 5.41 Å². The van der Waals surface area contributed by atoms with Crippen LogP contribution >= 0.6 is 11.8 Å². The number of rotatable bonds is 8. The molecule has 0 radical (unpaired) electrons. The number of carbonyl (C=O) groups is 1. The molecule has 2 aromatic carbocycles. The minimum Gasteiger partial charge on any atom is -0.484 e. The zero-order valence-electron chi connectivity index (χ0n) is 28.4. The van der Waals surface area contributed by atoms with Crippen molar-refractivity contribution in [3.8, 4) is 11.4 Å². The molecule has 1 fully saturated rings. The molecule has 2 amide bonds. The van der Waals surface area contributed by atoms with Gasteiger partial charge in [-0.3, -0.25) is 20.7 Å². The van der Waals surface area contributed by atoms with Gasteiger partial charge in [-0.05, 0) is 73.6 Å². The SMILES string of the molecule is CC(C)(C)c1cc(NC(=O)NC2CCC(Oc3ccc(=N)n(C(=N)N4CCCCC4)c3)c3ccccc32)n(-c2cccc(SCCO)c2)n1. The fourth-order valence-corrected chi connectivity index (χ4v) is 7.09. The van der Waals surface area contributed by atoms with Gasteiger partial charge in [-0.15, -0.1) is 11.8 Å². The number of piperidine rings is 1. The van der Waals surface area contributed by atoms with Gasteiger partial charge in [0.25, 0.3) is 0 Å². The summed E-state index contributed by atoms with van der Waals surface area (Å²) in [6.07, 6.45) is 6.14. The van der Waals surface area contributed by atoms with Crippen molar-refractivity contribution in [3.05, 3.63) is 95.2 Å². The minimum absolute atomic E-state index is 0.0957. The lowest BCUT2D eigenvalue weighted by molar-refractivity contribution is 0.171. The molecule has 2 aromatic heterocycles. The molecule has 0 saturated carbocycles. The van der Waals surface area contributed by atoms with Crippen molar-refractivity contribution in [1.29, 1.82) is 10.8 Å². The average Bonchev–Trinajstić information content (AvgIpc) is 3.54. The Kier molecular flexibility index (Phi) is 10.4. The third-order valence-corrected chi connectivity index (χ3v) is 9.94. The van der Waals surface area contributed by atoms with E-state index in [2.05, 4.69) is 31.4 Å². The second kappa shape index (κ2) is 14.9. The summed E-state index contributed by atoms with van der Waals surface area (Å²) in [4.78, 5) is 16.6. The van der Waals surface area contributed by atoms with Gasteiger partial charge in [-0.1, -0.05) is 51.1 Å². The molecule has 49 heavy (non-hydrogen) atoms. The second-order valence-corrected chi connectivity index (χ2v) is 14.8. The summed E-state index contributed by atoms with van der Waals surface area (Å²) in [5.41, 5.74) is 3.69. The molecule has 2 unspecified atom stereocenters. The number of aliphatic hydroxyl groups excluding tert-OH is 1. The number of likely N-dealkylation sites (tertiary alicyclic amines) is 1. The van der Waals surface area contributed by atoms with Gasteiger partial charge in [0.1, 0.15) is 23.2 Å². The zero-order valence-corrected chi connectivity index (χ0v) is 29.2. The van der Waals surface area contributed by atoms with E-state index in [0.29, 0.717) is 36.1 Å². The summed E-state index contributed by atoms with van der Waals surface area (Å²) in [6.45, 7) is 8.02. The summed E-state index contributed by atoms with van der Waals surface area (Å²) >= 11 is 1.56. The quantitative estimate of drug-likeness (QED) is 0.0807. The number of pyridine rings is 1. The van der Waals surface area contributed by atoms with Crippen LogP contribution in [0.15, 0.2) is 77.8 Å². The first-order valence-electron chi connectivity index (χ1n) is 17.0. The molecule has 1 aliphatic heterocycles. The van der Waals surface area contributed by atoms with Crippen molar-refractivity contribution in [2.75, 3.05) is 30.8 Å². The van der Waals surface area contributed by atoms with Crippen LogP contribution in [-0.4, -0.2) is 61.8 Å². The largest absolute Gasteiger partial charge is 0.484 e. The Balaban J connectivity index is 1.18. The standard InChI is InChI=1S/C37H46N8O3S/c1-37(2,3)32-23-34(45(42-32)25-10-9-11-27(22-25)49-21-20-46)41-36(47)40-30-15-16-31(29-13-6-5-12-28(29)30)48-26-14-17-33(38)44(24-26)35(39)43-18-7-4-8-19-43/h5-6,9-14,17,22-24,30-31,38-39,46H,4,7-8,15-16,18-21H2,1-3H3,(H2,40,41,47). The second-order valence-electron chi connectivity index (χ2n) is 13.6. The predicted molar refractivity (Wildman–Crippen MR) is 193 cm³/mol. The Hall–Kier alpha value is -4.55. The van der Waals surface area contributed by atoms with Gasteiger partial charge in [-0.25, -0.2) is 9.48 Å². The average molecular weight is 683 g/mol. The Bertz CT molecular complexity index is 1860. The van der Waals surface area contributed by atoms with Gasteiger partial charge >= 0.3 is 6.03 Å². The van der Waals surface area contributed by atoms with Crippen LogP contribution in [0.2, 0.25) is 0 Å². The summed E-state index contributed by atoms with van der Waals surface area (Å²) in [6, 6.07) is 20.8. The van der Waals surface area contributed by atoms with E-state index in [9.17, 15) is 9.90 Å². The van der Waals surface area contributed by atoms with Crippen molar-refractivity contribution in [2.24, 2.45) is 0 Å². The highest BCUT2D eigenvalue weighted by Gasteiger charge is 2.30. The van der Waals surface area contributed by atoms with Gasteiger partial charge < -0.3 is 20.1 Å². The molecule has 1 saturated heterocycles. The molecule has 2 atom stereocenters. The monoisotopic (exact) mass is 682 g/mol. The Morgan fingerprint density at radius 2 is 1.80 bits per heavy atom. The maximum atomic E-state index is 13.6. The van der Waals surface area contributed by atoms with E-state index < -0.39 is 0 Å². The van der Waals surface area contributed by atoms with E-state index in [4.69, 9.17) is 20.7 Å². The lowest BCUT2D eigenvalue weighted by Gasteiger charge is -2.33. The highest BCUT2D eigenvalue weighted by Crippen LogP contribution is 2.39. The number of thioether (sulfide) groups is 1. The van der Waals surface area contributed by atoms with Crippen molar-refractivity contribution in [3.63, 3.8) is 0 Å². The number of carbonyl (C=O) groups excluding carboxylic acids is 1. The van der Waals surface area contributed by atoms with Crippen molar-refractivity contribution in [2.45, 2.75) is 75.3 Å². The van der Waals surface area contributed by atoms with Crippen LogP contribution in [0.25, 0.3) is 5.69 Å². The van der Waals surface area contributed by atoms with Crippen molar-refractivity contribution >= 4 is 29.6 Å². The lowest BCUT2D eigenvalue weighted by Crippen LogP contribution is -2.42. The van der Waals surface area contributed by atoms with Gasteiger partial charge in [-0.2, -0.15) is 5.10 Å². The molecular formula is C37H46N8O3S. The molecule has 258 valence electrons. The number of anilines is 1. The number of nitrogens with one attached hydrogen (secondary N) is 4. The van der Waals surface area contributed by atoms with Crippen molar-refractivity contribution in [1.82, 2.24) is 24.6 Å². The first kappa shape index (κ1) is 34.3. The number of aliphatic hydroxyl groups is 1. The van der Waals surface area contributed by atoms with E-state index >= 15 is 0 Å². The van der Waals surface area contributed by atoms with E-state index in [1.165, 1.54) is 6.42 Å². The number of ether oxygens (including phenoxy) is 1. The molecule has 5 N–H and O–H groups in total. The van der Waals surface area contributed by atoms with Crippen LogP contribution < -0.4 is 20.9 Å². The molecule has 12 heteroatoms. The van der Waals surface area contributed by atoms with Crippen molar-refractivity contribution < 1.29 is 14.6 Å². The topological polar surface area (TPSA) is 144 Å². The molecule has 11 nitrogen and oxygen atoms in total. The van der Waals surface area contributed by atoms with E-state index in [-0.39, 0.29) is 35.7 Å². The van der Waals surface area contributed by atoms with Gasteiger partial charge in [0.2, 0.25) is 5.96 Å². The number of aromatic nitrogens is 3. The lowest BCUT2D eigenvalue weighted by atomic mass is 9.85. The molecule has 1 aliphatic carbocycles. The normalized spacial score (nSPS) is 17.7. The number of benzene rings is 2. The zero-order chi connectivity index (χ0) is 34.5. The first-order chi connectivity index (χ1) is 23.6. The molecule has 2 aliphatic rings. The maximum absolute atomic E-state index is 13.6. The third-order valence-electron chi connectivity index (χ3n) is 8.97. The molecular weight excluding hydrogens is 637 g/mol. The smallest absolute Gasteiger partial charge is 0.320 e. The van der Waals surface area contributed by atoms with E-state index in [0.717, 1.165) is 53.3 Å². The fraction of sp³-hybridized carbons (Fsp3) is 0.405. The van der Waals surface area contributed by atoms with Crippen LogP contribution in [0.5, 0.6) is 5.75 Å². The van der Waals surface area contributed by atoms with Crippen LogP contribution in [0.1, 0.15) is 81.8 Å². The van der Waals surface area contributed by atoms with E-state index in [1.807, 2.05) is 59.5 Å². The summed E-state index contributed by atoms with van der Waals surface area (Å²) in [5, 5.41) is 37.6. The number of amides is 2. The summed E-state index contributed by atoms with van der Waals surface area (Å²) in [5.74, 6) is 2.07. The van der Waals surface area contributed by atoms with Crippen LogP contribution in [0.4, 0.5) is 10.6 Å². The van der Waals surface area contributed by atoms with Crippen LogP contribution in [0, 0.1) is 10.8 Å². The van der Waals surface area contributed by atoms with Gasteiger partial charge in [0.15, 0.2) is 0 Å². The first-order valence-corrected chi connectivity index (χ1v) is 18.0. The molecule has 6 rings (SSSR count). The number of hydrogen-bond acceptors (Lipinski definition) is 7. The highest BCUT2D eigenvalue weighted by molar-refractivity contribution is 7.99. The Labute approximate surface area is 291 Å². The summed E-state index contributed by atoms with van der Waals surface area (Å²) in [7, 11) is 0. The van der Waals surface area contributed by atoms with Crippen LogP contribution in [0.3, 0.4) is 0 Å². The number of fused-ring (bicyclic) bond motifs is 1. The number of hydrogen-bond donors (Lipinski definition) is 5. The van der Waals surface area contributed by atoms with Gasteiger partial charge in [0.05, 0.1) is 30.2 Å². The highest BCUT2D eigenvalue weighted by atomic mass is 32.2. The predicted octanol–water partition coefficient (Wildman–Crippen LogP) is 6.58. The third kappa shape index (κ3) is 8.02. The molecule has 0 spiro atoms. The fourth-order valence-electron chi connectivity index (χ4n) is 6.38. The van der Waals surface area contributed by atoms with Gasteiger partial charge in [0, 0.05) is 35.2 Å².